The van der Waals surface area contributed by atoms with Gasteiger partial charge in [-0.1, -0.05) is 30.7 Å². The van der Waals surface area contributed by atoms with Gasteiger partial charge in [0.05, 0.1) is 5.56 Å². The van der Waals surface area contributed by atoms with E-state index in [1.807, 2.05) is 0 Å². The van der Waals surface area contributed by atoms with Crippen molar-refractivity contribution in [3.63, 3.8) is 0 Å². The van der Waals surface area contributed by atoms with Crippen LogP contribution in [0.4, 0.5) is 0 Å². The van der Waals surface area contributed by atoms with E-state index in [2.05, 4.69) is 24.3 Å². The molecule has 0 unspecified atom stereocenters. The number of rotatable bonds is 3. The van der Waals surface area contributed by atoms with Crippen molar-refractivity contribution in [1.82, 2.24) is 0 Å². The second kappa shape index (κ2) is 4.58. The molecule has 2 aromatic rings. The highest BCUT2D eigenvalue weighted by Gasteiger charge is 2.19. The van der Waals surface area contributed by atoms with Crippen LogP contribution in [0, 0.1) is 0 Å². The Kier molecular flexibility index (Phi) is 2.92. The van der Waals surface area contributed by atoms with Crippen LogP contribution in [0.1, 0.15) is 41.1 Å². The molecule has 0 saturated heterocycles. The minimum Gasteiger partial charge on any atom is -0.478 e. The van der Waals surface area contributed by atoms with Crippen LogP contribution < -0.4 is 0 Å². The minimum atomic E-state index is -0.858. The summed E-state index contributed by atoms with van der Waals surface area (Å²) in [4.78, 5) is 11.9. The molecule has 3 heteroatoms. The Morgan fingerprint density at radius 2 is 1.94 bits per heavy atom. The lowest BCUT2D eigenvalue weighted by atomic mass is 9.80. The lowest BCUT2D eigenvalue weighted by molar-refractivity contribution is 0.0697. The van der Waals surface area contributed by atoms with Gasteiger partial charge in [-0.15, -0.1) is 11.3 Å². The molecule has 1 aromatic heterocycles. The Balaban J connectivity index is 1.84. The highest BCUT2D eigenvalue weighted by Crippen LogP contribution is 2.37. The highest BCUT2D eigenvalue weighted by atomic mass is 32.1. The van der Waals surface area contributed by atoms with Gasteiger partial charge in [-0.05, 0) is 36.0 Å². The molecule has 0 bridgehead atoms. The molecule has 1 heterocycles. The standard InChI is InChI=1S/C15H14O2S/c16-15(17)13-8-14(18-9-13)12-6-4-11(5-7-12)10-2-1-3-10/h4-10H,1-3H2,(H,16,17). The number of carboxylic acid groups (broad SMARTS) is 1. The molecule has 0 aliphatic heterocycles. The van der Waals surface area contributed by atoms with Gasteiger partial charge in [-0.25, -0.2) is 4.79 Å². The fraction of sp³-hybridized carbons (Fsp3) is 0.267. The zero-order chi connectivity index (χ0) is 12.5. The molecule has 2 nitrogen and oxygen atoms in total. The molecule has 1 aliphatic rings. The summed E-state index contributed by atoms with van der Waals surface area (Å²) in [7, 11) is 0. The Labute approximate surface area is 110 Å². The van der Waals surface area contributed by atoms with Crippen molar-refractivity contribution >= 4 is 17.3 Å². The maximum atomic E-state index is 10.8. The molecular weight excluding hydrogens is 244 g/mol. The van der Waals surface area contributed by atoms with Gasteiger partial charge in [-0.3, -0.25) is 0 Å². The van der Waals surface area contributed by atoms with Crippen LogP contribution in [-0.2, 0) is 0 Å². The van der Waals surface area contributed by atoms with E-state index in [1.54, 1.807) is 11.4 Å². The summed E-state index contributed by atoms with van der Waals surface area (Å²) in [5.41, 5.74) is 2.90. The third-order valence-corrected chi connectivity index (χ3v) is 4.60. The van der Waals surface area contributed by atoms with E-state index in [-0.39, 0.29) is 0 Å². The Bertz CT molecular complexity index is 564. The van der Waals surface area contributed by atoms with E-state index in [0.29, 0.717) is 5.56 Å². The third-order valence-electron chi connectivity index (χ3n) is 3.62. The molecular formula is C15H14O2S. The first-order valence-corrected chi connectivity index (χ1v) is 7.04. The van der Waals surface area contributed by atoms with Crippen LogP contribution in [0.25, 0.3) is 10.4 Å². The minimum absolute atomic E-state index is 0.373. The molecule has 1 aromatic carbocycles. The smallest absolute Gasteiger partial charge is 0.336 e. The first-order valence-electron chi connectivity index (χ1n) is 6.16. The predicted octanol–water partition coefficient (Wildman–Crippen LogP) is 4.38. The van der Waals surface area contributed by atoms with Gasteiger partial charge >= 0.3 is 5.97 Å². The molecule has 3 rings (SSSR count). The average Bonchev–Trinajstić information content (AvgIpc) is 2.77. The van der Waals surface area contributed by atoms with Crippen molar-refractivity contribution in [2.24, 2.45) is 0 Å². The molecule has 18 heavy (non-hydrogen) atoms. The summed E-state index contributed by atoms with van der Waals surface area (Å²) in [6, 6.07) is 10.3. The van der Waals surface area contributed by atoms with Crippen LogP contribution in [0.3, 0.4) is 0 Å². The SMILES string of the molecule is O=C(O)c1csc(-c2ccc(C3CCC3)cc2)c1. The average molecular weight is 258 g/mol. The zero-order valence-corrected chi connectivity index (χ0v) is 10.7. The summed E-state index contributed by atoms with van der Waals surface area (Å²) in [5.74, 6) is -0.111. The number of aromatic carboxylic acids is 1. The molecule has 0 amide bonds. The maximum Gasteiger partial charge on any atom is 0.336 e. The van der Waals surface area contributed by atoms with Gasteiger partial charge in [0.1, 0.15) is 0 Å². The molecule has 1 aliphatic carbocycles. The lowest BCUT2D eigenvalue weighted by Crippen LogP contribution is -2.08. The highest BCUT2D eigenvalue weighted by molar-refractivity contribution is 7.13. The molecule has 1 N–H and O–H groups in total. The third kappa shape index (κ3) is 2.06. The van der Waals surface area contributed by atoms with Crippen LogP contribution in [0.15, 0.2) is 35.7 Å². The van der Waals surface area contributed by atoms with Gasteiger partial charge in [-0.2, -0.15) is 0 Å². The van der Waals surface area contributed by atoms with E-state index >= 15 is 0 Å². The van der Waals surface area contributed by atoms with Gasteiger partial charge < -0.3 is 5.11 Å². The second-order valence-electron chi connectivity index (χ2n) is 4.75. The summed E-state index contributed by atoms with van der Waals surface area (Å²) >= 11 is 1.48. The second-order valence-corrected chi connectivity index (χ2v) is 5.67. The monoisotopic (exact) mass is 258 g/mol. The van der Waals surface area contributed by atoms with E-state index in [0.717, 1.165) is 16.4 Å². The number of thiophene rings is 1. The normalized spacial score (nSPS) is 15.3. The Morgan fingerprint density at radius 1 is 1.22 bits per heavy atom. The predicted molar refractivity (Wildman–Crippen MR) is 73.3 cm³/mol. The van der Waals surface area contributed by atoms with E-state index in [9.17, 15) is 4.79 Å². The van der Waals surface area contributed by atoms with Crippen LogP contribution in [0.5, 0.6) is 0 Å². The maximum absolute atomic E-state index is 10.8. The van der Waals surface area contributed by atoms with Crippen molar-refractivity contribution in [2.45, 2.75) is 25.2 Å². The summed E-state index contributed by atoms with van der Waals surface area (Å²) < 4.78 is 0. The largest absolute Gasteiger partial charge is 0.478 e. The Morgan fingerprint density at radius 3 is 2.44 bits per heavy atom. The van der Waals surface area contributed by atoms with Gasteiger partial charge in [0.2, 0.25) is 0 Å². The Hall–Kier alpha value is -1.61. The quantitative estimate of drug-likeness (QED) is 0.887. The molecule has 0 spiro atoms. The van der Waals surface area contributed by atoms with Crippen molar-refractivity contribution in [3.05, 3.63) is 46.8 Å². The number of carboxylic acids is 1. The zero-order valence-electron chi connectivity index (χ0n) is 9.93. The van der Waals surface area contributed by atoms with Crippen LogP contribution >= 0.6 is 11.3 Å². The molecule has 0 radical (unpaired) electrons. The van der Waals surface area contributed by atoms with E-state index in [1.165, 1.54) is 36.2 Å². The fourth-order valence-corrected chi connectivity index (χ4v) is 3.15. The van der Waals surface area contributed by atoms with Gasteiger partial charge in [0.25, 0.3) is 0 Å². The van der Waals surface area contributed by atoms with Crippen molar-refractivity contribution in [3.8, 4) is 10.4 Å². The van der Waals surface area contributed by atoms with Crippen molar-refractivity contribution in [1.29, 1.82) is 0 Å². The van der Waals surface area contributed by atoms with Crippen molar-refractivity contribution < 1.29 is 9.90 Å². The van der Waals surface area contributed by atoms with Crippen molar-refractivity contribution in [2.75, 3.05) is 0 Å². The number of carbonyl (C=O) groups is 1. The van der Waals surface area contributed by atoms with Gasteiger partial charge in [0, 0.05) is 10.3 Å². The first-order chi connectivity index (χ1) is 8.74. The number of benzene rings is 1. The molecule has 0 atom stereocenters. The summed E-state index contributed by atoms with van der Waals surface area (Å²) in [6.07, 6.45) is 3.96. The number of hydrogen-bond donors (Lipinski definition) is 1. The molecule has 1 saturated carbocycles. The van der Waals surface area contributed by atoms with E-state index < -0.39 is 5.97 Å². The van der Waals surface area contributed by atoms with Gasteiger partial charge in [0.15, 0.2) is 0 Å². The number of hydrogen-bond acceptors (Lipinski definition) is 2. The topological polar surface area (TPSA) is 37.3 Å². The summed E-state index contributed by atoms with van der Waals surface area (Å²) in [6.45, 7) is 0. The molecule has 92 valence electrons. The van der Waals surface area contributed by atoms with Crippen LogP contribution in [-0.4, -0.2) is 11.1 Å². The molecule has 1 fully saturated rings. The lowest BCUT2D eigenvalue weighted by Gasteiger charge is -2.25. The first kappa shape index (κ1) is 11.5. The summed E-state index contributed by atoms with van der Waals surface area (Å²) in [5, 5.41) is 10.6. The fourth-order valence-electron chi connectivity index (χ4n) is 2.26. The van der Waals surface area contributed by atoms with Crippen LogP contribution in [0.2, 0.25) is 0 Å². The van der Waals surface area contributed by atoms with E-state index in [4.69, 9.17) is 5.11 Å².